The normalized spacial score (nSPS) is 10.4. The lowest BCUT2D eigenvalue weighted by Gasteiger charge is -1.98. The monoisotopic (exact) mass is 204 g/mol. The molecule has 0 aromatic carbocycles. The van der Waals surface area contributed by atoms with E-state index in [0.29, 0.717) is 18.0 Å². The highest BCUT2D eigenvalue weighted by Gasteiger charge is 2.00. The molecule has 5 nitrogen and oxygen atoms in total. The predicted octanol–water partition coefficient (Wildman–Crippen LogP) is 1.35. The molecule has 0 fully saturated rings. The molecule has 0 saturated heterocycles. The number of unbranched alkanes of at least 4 members (excludes halogenated alkanes) is 1. The molecule has 15 heavy (non-hydrogen) atoms. The first kappa shape index (κ1) is 9.64. The third-order valence-electron chi connectivity index (χ3n) is 2.05. The van der Waals surface area contributed by atoms with Crippen molar-refractivity contribution in [1.82, 2.24) is 15.0 Å². The van der Waals surface area contributed by atoms with Crippen LogP contribution < -0.4 is 5.32 Å². The maximum Gasteiger partial charge on any atom is 0.202 e. The average Bonchev–Trinajstić information content (AvgIpc) is 2.67. The van der Waals surface area contributed by atoms with E-state index in [1.165, 1.54) is 0 Å². The Hall–Kier alpha value is -1.91. The SMILES string of the molecule is O=CCCCNc1nc2ncccc2[nH]1. The van der Waals surface area contributed by atoms with Gasteiger partial charge in [-0.25, -0.2) is 4.98 Å². The first-order valence-corrected chi connectivity index (χ1v) is 4.88. The van der Waals surface area contributed by atoms with Crippen LogP contribution in [0.15, 0.2) is 18.3 Å². The van der Waals surface area contributed by atoms with Crippen LogP contribution in [0.2, 0.25) is 0 Å². The van der Waals surface area contributed by atoms with Crippen molar-refractivity contribution < 1.29 is 4.79 Å². The Labute approximate surface area is 86.9 Å². The van der Waals surface area contributed by atoms with Crippen molar-refractivity contribution in [1.29, 1.82) is 0 Å². The van der Waals surface area contributed by atoms with Gasteiger partial charge in [0.2, 0.25) is 5.95 Å². The van der Waals surface area contributed by atoms with E-state index < -0.39 is 0 Å². The van der Waals surface area contributed by atoms with E-state index in [2.05, 4.69) is 20.3 Å². The van der Waals surface area contributed by atoms with Crippen molar-refractivity contribution in [3.63, 3.8) is 0 Å². The van der Waals surface area contributed by atoms with Gasteiger partial charge in [0, 0.05) is 19.2 Å². The number of anilines is 1. The highest BCUT2D eigenvalue weighted by Crippen LogP contribution is 2.10. The van der Waals surface area contributed by atoms with Gasteiger partial charge in [0.15, 0.2) is 5.65 Å². The number of carbonyl (C=O) groups excluding carboxylic acids is 1. The van der Waals surface area contributed by atoms with Gasteiger partial charge in [-0.3, -0.25) is 0 Å². The highest BCUT2D eigenvalue weighted by atomic mass is 16.1. The van der Waals surface area contributed by atoms with Gasteiger partial charge in [-0.2, -0.15) is 4.98 Å². The summed E-state index contributed by atoms with van der Waals surface area (Å²) in [5, 5.41) is 3.10. The van der Waals surface area contributed by atoms with Crippen molar-refractivity contribution in [2.24, 2.45) is 0 Å². The number of nitrogens with zero attached hydrogens (tertiary/aromatic N) is 2. The van der Waals surface area contributed by atoms with E-state index in [9.17, 15) is 4.79 Å². The number of imidazole rings is 1. The molecule has 2 N–H and O–H groups in total. The third kappa shape index (κ3) is 2.31. The number of fused-ring (bicyclic) bond motifs is 1. The predicted molar refractivity (Wildman–Crippen MR) is 57.7 cm³/mol. The minimum atomic E-state index is 0.575. The van der Waals surface area contributed by atoms with Gasteiger partial charge in [-0.15, -0.1) is 0 Å². The van der Waals surface area contributed by atoms with Gasteiger partial charge in [0.05, 0.1) is 5.52 Å². The first-order chi connectivity index (χ1) is 7.40. The van der Waals surface area contributed by atoms with E-state index >= 15 is 0 Å². The Kier molecular flexibility index (Phi) is 2.92. The summed E-state index contributed by atoms with van der Waals surface area (Å²) >= 11 is 0. The number of hydrogen-bond acceptors (Lipinski definition) is 4. The van der Waals surface area contributed by atoms with E-state index in [0.717, 1.165) is 24.8 Å². The zero-order valence-corrected chi connectivity index (χ0v) is 8.23. The topological polar surface area (TPSA) is 70.7 Å². The van der Waals surface area contributed by atoms with Crippen LogP contribution in [0.25, 0.3) is 11.2 Å². The summed E-state index contributed by atoms with van der Waals surface area (Å²) in [6.45, 7) is 0.735. The van der Waals surface area contributed by atoms with Crippen LogP contribution in [0.4, 0.5) is 5.95 Å². The van der Waals surface area contributed by atoms with Crippen molar-refractivity contribution in [2.45, 2.75) is 12.8 Å². The van der Waals surface area contributed by atoms with Gasteiger partial charge in [-0.1, -0.05) is 0 Å². The second-order valence-corrected chi connectivity index (χ2v) is 3.20. The molecule has 0 amide bonds. The first-order valence-electron chi connectivity index (χ1n) is 4.88. The summed E-state index contributed by atoms with van der Waals surface area (Å²) in [6.07, 6.45) is 4.01. The van der Waals surface area contributed by atoms with Crippen molar-refractivity contribution in [2.75, 3.05) is 11.9 Å². The fourth-order valence-corrected chi connectivity index (χ4v) is 1.32. The van der Waals surface area contributed by atoms with Crippen LogP contribution in [0.1, 0.15) is 12.8 Å². The van der Waals surface area contributed by atoms with Crippen LogP contribution in [-0.2, 0) is 4.79 Å². The molecule has 0 aliphatic carbocycles. The molecule has 2 rings (SSSR count). The van der Waals surface area contributed by atoms with Crippen LogP contribution in [-0.4, -0.2) is 27.8 Å². The number of aldehydes is 1. The molecule has 0 spiro atoms. The number of nitrogens with one attached hydrogen (secondary N) is 2. The van der Waals surface area contributed by atoms with Gasteiger partial charge in [0.25, 0.3) is 0 Å². The molecule has 2 heterocycles. The molecular formula is C10H12N4O. The Balaban J connectivity index is 1.99. The zero-order chi connectivity index (χ0) is 10.5. The molecule has 5 heteroatoms. The number of aromatic nitrogens is 3. The van der Waals surface area contributed by atoms with Crippen LogP contribution >= 0.6 is 0 Å². The van der Waals surface area contributed by atoms with Gasteiger partial charge in [-0.05, 0) is 18.6 Å². The second kappa shape index (κ2) is 4.54. The molecule has 0 aliphatic rings. The molecule has 0 unspecified atom stereocenters. The third-order valence-corrected chi connectivity index (χ3v) is 2.05. The number of H-pyrrole nitrogens is 1. The summed E-state index contributed by atoms with van der Waals surface area (Å²) in [4.78, 5) is 21.5. The Morgan fingerprint density at radius 2 is 2.47 bits per heavy atom. The summed E-state index contributed by atoms with van der Waals surface area (Å²) in [5.41, 5.74) is 1.62. The Bertz CT molecular complexity index is 418. The maximum atomic E-state index is 10.1. The summed E-state index contributed by atoms with van der Waals surface area (Å²) in [6, 6.07) is 3.78. The second-order valence-electron chi connectivity index (χ2n) is 3.20. The van der Waals surface area contributed by atoms with Gasteiger partial charge < -0.3 is 15.1 Å². The van der Waals surface area contributed by atoms with Crippen LogP contribution in [0.5, 0.6) is 0 Å². The summed E-state index contributed by atoms with van der Waals surface area (Å²) < 4.78 is 0. The Morgan fingerprint density at radius 3 is 3.27 bits per heavy atom. The molecule has 2 aromatic heterocycles. The largest absolute Gasteiger partial charge is 0.356 e. The lowest BCUT2D eigenvalue weighted by molar-refractivity contribution is -0.107. The molecule has 78 valence electrons. The number of rotatable bonds is 5. The van der Waals surface area contributed by atoms with Gasteiger partial charge in [0.1, 0.15) is 6.29 Å². The van der Waals surface area contributed by atoms with Crippen molar-refractivity contribution >= 4 is 23.4 Å². The van der Waals surface area contributed by atoms with E-state index in [1.54, 1.807) is 6.20 Å². The molecule has 0 saturated carbocycles. The fraction of sp³-hybridized carbons (Fsp3) is 0.300. The molecular weight excluding hydrogens is 192 g/mol. The van der Waals surface area contributed by atoms with E-state index in [-0.39, 0.29) is 0 Å². The average molecular weight is 204 g/mol. The highest BCUT2D eigenvalue weighted by molar-refractivity contribution is 5.72. The lowest BCUT2D eigenvalue weighted by atomic mass is 10.3. The van der Waals surface area contributed by atoms with Crippen molar-refractivity contribution in [3.8, 4) is 0 Å². The fourth-order valence-electron chi connectivity index (χ4n) is 1.32. The maximum absolute atomic E-state index is 10.1. The van der Waals surface area contributed by atoms with Crippen LogP contribution in [0.3, 0.4) is 0 Å². The standard InChI is InChI=1S/C10H12N4O/c15-7-2-1-5-12-10-13-8-4-3-6-11-9(8)14-10/h3-4,6-7H,1-2,5H2,(H2,11,12,13,14). The number of carbonyl (C=O) groups is 1. The Morgan fingerprint density at radius 1 is 1.53 bits per heavy atom. The quantitative estimate of drug-likeness (QED) is 0.569. The number of aromatic amines is 1. The summed E-state index contributed by atoms with van der Waals surface area (Å²) in [5.74, 6) is 0.703. The number of hydrogen-bond donors (Lipinski definition) is 2. The molecule has 2 aromatic rings. The van der Waals surface area contributed by atoms with Gasteiger partial charge >= 0.3 is 0 Å². The number of pyridine rings is 1. The van der Waals surface area contributed by atoms with E-state index in [4.69, 9.17) is 0 Å². The van der Waals surface area contributed by atoms with Crippen molar-refractivity contribution in [3.05, 3.63) is 18.3 Å². The molecule has 0 aliphatic heterocycles. The lowest BCUT2D eigenvalue weighted by Crippen LogP contribution is -2.02. The summed E-state index contributed by atoms with van der Waals surface area (Å²) in [7, 11) is 0. The molecule has 0 radical (unpaired) electrons. The minimum absolute atomic E-state index is 0.575. The zero-order valence-electron chi connectivity index (χ0n) is 8.23. The molecule has 0 atom stereocenters. The van der Waals surface area contributed by atoms with E-state index in [1.807, 2.05) is 12.1 Å². The smallest absolute Gasteiger partial charge is 0.202 e. The molecule has 0 bridgehead atoms. The van der Waals surface area contributed by atoms with Crippen LogP contribution in [0, 0.1) is 0 Å². The minimum Gasteiger partial charge on any atom is -0.356 e.